The van der Waals surface area contributed by atoms with Gasteiger partial charge in [-0.3, -0.25) is 4.98 Å². The van der Waals surface area contributed by atoms with Gasteiger partial charge >= 0.3 is 0 Å². The van der Waals surface area contributed by atoms with E-state index in [2.05, 4.69) is 24.1 Å². The molecule has 5 nitrogen and oxygen atoms in total. The molecule has 0 spiro atoms. The number of fused-ring (bicyclic) bond motifs is 1. The minimum absolute atomic E-state index is 0.0641. The van der Waals surface area contributed by atoms with Gasteiger partial charge in [0, 0.05) is 35.4 Å². The smallest absolute Gasteiger partial charge is 0.163 e. The Morgan fingerprint density at radius 3 is 2.65 bits per heavy atom. The van der Waals surface area contributed by atoms with E-state index >= 15 is 0 Å². The minimum Gasteiger partial charge on any atom is -0.368 e. The number of hydrogen-bond donors (Lipinski definition) is 2. The highest BCUT2D eigenvalue weighted by atomic mass is 32.1. The van der Waals surface area contributed by atoms with Crippen LogP contribution in [-0.2, 0) is 6.42 Å². The van der Waals surface area contributed by atoms with E-state index < -0.39 is 0 Å². The number of aryl methyl sites for hydroxylation is 2. The van der Waals surface area contributed by atoms with Crippen LogP contribution in [0.1, 0.15) is 24.3 Å². The van der Waals surface area contributed by atoms with E-state index in [1.807, 2.05) is 19.1 Å². The molecule has 0 unspecified atom stereocenters. The lowest BCUT2D eigenvalue weighted by Gasteiger charge is -2.12. The molecule has 0 fully saturated rings. The van der Waals surface area contributed by atoms with Gasteiger partial charge in [0.25, 0.3) is 0 Å². The van der Waals surface area contributed by atoms with Crippen molar-refractivity contribution in [2.24, 2.45) is 5.73 Å². The largest absolute Gasteiger partial charge is 0.368 e. The van der Waals surface area contributed by atoms with Crippen molar-refractivity contribution >= 4 is 27.4 Å². The molecule has 120 valence electrons. The number of anilines is 1. The van der Waals surface area contributed by atoms with E-state index in [0.29, 0.717) is 6.54 Å². The van der Waals surface area contributed by atoms with E-state index in [-0.39, 0.29) is 6.04 Å². The van der Waals surface area contributed by atoms with Crippen molar-refractivity contribution in [1.82, 2.24) is 15.0 Å². The van der Waals surface area contributed by atoms with Crippen LogP contribution in [0.2, 0.25) is 0 Å². The third-order valence-electron chi connectivity index (χ3n) is 3.74. The summed E-state index contributed by atoms with van der Waals surface area (Å²) >= 11 is 1.72. The summed E-state index contributed by atoms with van der Waals surface area (Å²) in [5.41, 5.74) is 8.18. The number of nitrogens with zero attached hydrogens (tertiary/aromatic N) is 3. The van der Waals surface area contributed by atoms with E-state index in [4.69, 9.17) is 15.7 Å². The van der Waals surface area contributed by atoms with Crippen molar-refractivity contribution in [2.45, 2.75) is 33.2 Å². The van der Waals surface area contributed by atoms with Gasteiger partial charge in [-0.2, -0.15) is 0 Å². The minimum atomic E-state index is 0.0641. The summed E-state index contributed by atoms with van der Waals surface area (Å²) in [4.78, 5) is 15.9. The average Bonchev–Trinajstić information content (AvgIpc) is 2.88. The fraction of sp³-hybridized carbons (Fsp3) is 0.353. The molecule has 0 aromatic carbocycles. The molecular weight excluding hydrogens is 306 g/mol. The molecule has 1 atom stereocenters. The van der Waals surface area contributed by atoms with Crippen molar-refractivity contribution in [2.75, 3.05) is 11.9 Å². The highest BCUT2D eigenvalue weighted by molar-refractivity contribution is 7.18. The molecule has 0 bridgehead atoms. The van der Waals surface area contributed by atoms with Crippen LogP contribution in [0, 0.1) is 6.92 Å². The Morgan fingerprint density at radius 1 is 1.26 bits per heavy atom. The Balaban J connectivity index is 2.18. The first-order valence-corrected chi connectivity index (χ1v) is 8.61. The lowest BCUT2D eigenvalue weighted by molar-refractivity contribution is 0.778. The Bertz CT molecular complexity index is 811. The van der Waals surface area contributed by atoms with Crippen molar-refractivity contribution in [1.29, 1.82) is 0 Å². The summed E-state index contributed by atoms with van der Waals surface area (Å²) < 4.78 is 0. The number of thiophene rings is 1. The molecule has 0 saturated carbocycles. The standard InChI is InChI=1S/C17H21N5S/c1-4-13-11(3)23-17-14(13)16(20-9-10(2)18)21-15(22-17)12-5-7-19-8-6-12/h5-8,10H,4,9,18H2,1-3H3,(H,20,21,22)/t10-/m1/s1. The summed E-state index contributed by atoms with van der Waals surface area (Å²) in [6.45, 7) is 6.97. The molecule has 3 aromatic heterocycles. The number of rotatable bonds is 5. The summed E-state index contributed by atoms with van der Waals surface area (Å²) in [6, 6.07) is 3.92. The second-order valence-corrected chi connectivity index (χ2v) is 6.86. The fourth-order valence-corrected chi connectivity index (χ4v) is 3.72. The third-order valence-corrected chi connectivity index (χ3v) is 4.78. The quantitative estimate of drug-likeness (QED) is 0.751. The van der Waals surface area contributed by atoms with Crippen LogP contribution < -0.4 is 11.1 Å². The van der Waals surface area contributed by atoms with Crippen LogP contribution in [0.15, 0.2) is 24.5 Å². The molecule has 0 saturated heterocycles. The summed E-state index contributed by atoms with van der Waals surface area (Å²) in [6.07, 6.45) is 4.49. The molecule has 0 aliphatic heterocycles. The zero-order chi connectivity index (χ0) is 16.4. The SMILES string of the molecule is CCc1c(C)sc2nc(-c3ccncc3)nc(NC[C@@H](C)N)c12. The van der Waals surface area contributed by atoms with Crippen LogP contribution in [0.5, 0.6) is 0 Å². The van der Waals surface area contributed by atoms with Crippen LogP contribution in [-0.4, -0.2) is 27.5 Å². The van der Waals surface area contributed by atoms with E-state index in [9.17, 15) is 0 Å². The van der Waals surface area contributed by atoms with Gasteiger partial charge < -0.3 is 11.1 Å². The molecule has 3 N–H and O–H groups in total. The summed E-state index contributed by atoms with van der Waals surface area (Å²) in [5, 5.41) is 4.53. The van der Waals surface area contributed by atoms with E-state index in [1.54, 1.807) is 23.7 Å². The van der Waals surface area contributed by atoms with Crippen molar-refractivity contribution in [3.63, 3.8) is 0 Å². The lowest BCUT2D eigenvalue weighted by Crippen LogP contribution is -2.25. The van der Waals surface area contributed by atoms with Gasteiger partial charge in [0.15, 0.2) is 5.82 Å². The fourth-order valence-electron chi connectivity index (χ4n) is 2.61. The summed E-state index contributed by atoms with van der Waals surface area (Å²) in [5.74, 6) is 1.59. The molecule has 23 heavy (non-hydrogen) atoms. The third kappa shape index (κ3) is 3.18. The summed E-state index contributed by atoms with van der Waals surface area (Å²) in [7, 11) is 0. The molecule has 0 radical (unpaired) electrons. The van der Waals surface area contributed by atoms with Gasteiger partial charge in [0.2, 0.25) is 0 Å². The van der Waals surface area contributed by atoms with Crippen LogP contribution >= 0.6 is 11.3 Å². The van der Waals surface area contributed by atoms with Crippen LogP contribution in [0.3, 0.4) is 0 Å². The van der Waals surface area contributed by atoms with Gasteiger partial charge in [-0.25, -0.2) is 9.97 Å². The maximum Gasteiger partial charge on any atom is 0.163 e. The Kier molecular flexibility index (Phi) is 4.54. The van der Waals surface area contributed by atoms with Crippen LogP contribution in [0.25, 0.3) is 21.6 Å². The van der Waals surface area contributed by atoms with Gasteiger partial charge in [-0.15, -0.1) is 11.3 Å². The first-order chi connectivity index (χ1) is 11.1. The van der Waals surface area contributed by atoms with Gasteiger partial charge in [-0.1, -0.05) is 6.92 Å². The maximum atomic E-state index is 5.90. The molecule has 0 amide bonds. The maximum absolute atomic E-state index is 5.90. The molecule has 3 heterocycles. The zero-order valence-electron chi connectivity index (χ0n) is 13.6. The highest BCUT2D eigenvalue weighted by Gasteiger charge is 2.17. The molecule has 0 aliphatic carbocycles. The Morgan fingerprint density at radius 2 is 2.00 bits per heavy atom. The second-order valence-electron chi connectivity index (χ2n) is 5.66. The van der Waals surface area contributed by atoms with Gasteiger partial charge in [0.1, 0.15) is 10.6 Å². The van der Waals surface area contributed by atoms with Crippen molar-refractivity contribution in [3.8, 4) is 11.4 Å². The Labute approximate surface area is 140 Å². The first-order valence-electron chi connectivity index (χ1n) is 7.80. The van der Waals surface area contributed by atoms with Gasteiger partial charge in [-0.05, 0) is 38.0 Å². The number of nitrogens with two attached hydrogens (primary N) is 1. The first kappa shape index (κ1) is 15.8. The van der Waals surface area contributed by atoms with Crippen LogP contribution in [0.4, 0.5) is 5.82 Å². The molecule has 6 heteroatoms. The highest BCUT2D eigenvalue weighted by Crippen LogP contribution is 2.35. The monoisotopic (exact) mass is 327 g/mol. The lowest BCUT2D eigenvalue weighted by atomic mass is 10.1. The number of hydrogen-bond acceptors (Lipinski definition) is 6. The van der Waals surface area contributed by atoms with Gasteiger partial charge in [0.05, 0.1) is 5.39 Å². The van der Waals surface area contributed by atoms with E-state index in [1.165, 1.54) is 10.4 Å². The van der Waals surface area contributed by atoms with Crippen molar-refractivity contribution < 1.29 is 0 Å². The number of pyridine rings is 1. The average molecular weight is 327 g/mol. The Hall–Kier alpha value is -2.05. The number of aromatic nitrogens is 3. The predicted molar refractivity (Wildman–Crippen MR) is 96.9 cm³/mol. The van der Waals surface area contributed by atoms with E-state index in [0.717, 1.165) is 33.8 Å². The predicted octanol–water partition coefficient (Wildman–Crippen LogP) is 3.38. The molecule has 3 rings (SSSR count). The normalized spacial score (nSPS) is 12.5. The number of nitrogens with one attached hydrogen (secondary N) is 1. The molecule has 3 aromatic rings. The molecule has 0 aliphatic rings. The topological polar surface area (TPSA) is 76.7 Å². The van der Waals surface area contributed by atoms with Crippen molar-refractivity contribution in [3.05, 3.63) is 35.0 Å². The second kappa shape index (κ2) is 6.60. The zero-order valence-corrected chi connectivity index (χ0v) is 14.4. The molecular formula is C17H21N5S.